The molecular weight excluding hydrogens is 365 g/mol. The van der Waals surface area contributed by atoms with Gasteiger partial charge >= 0.3 is 6.18 Å². The third-order valence-electron chi connectivity index (χ3n) is 3.79. The fourth-order valence-corrected chi connectivity index (χ4v) is 2.88. The van der Waals surface area contributed by atoms with E-state index in [4.69, 9.17) is 17.3 Å². The normalized spacial score (nSPS) is 11.4. The smallest absolute Gasteiger partial charge is 0.382 e. The molecule has 132 valence electrons. The number of nitrogen functional groups attached to an aromatic ring is 1. The Morgan fingerprint density at radius 3 is 2.35 bits per heavy atom. The SMILES string of the molecule is Cc1cc(Cl)cc(-n2nc(-c3ccc(C(F)(F)F)cc3)c(C#N)c2N)c1. The van der Waals surface area contributed by atoms with Crippen LogP contribution in [0, 0.1) is 18.3 Å². The van der Waals surface area contributed by atoms with Gasteiger partial charge in [0.1, 0.15) is 23.1 Å². The first-order chi connectivity index (χ1) is 12.2. The molecule has 2 N–H and O–H groups in total. The third kappa shape index (κ3) is 3.24. The van der Waals surface area contributed by atoms with Gasteiger partial charge in [0.2, 0.25) is 0 Å². The van der Waals surface area contributed by atoms with Gasteiger partial charge in [0.05, 0.1) is 11.3 Å². The molecule has 1 aromatic heterocycles. The number of anilines is 1. The summed E-state index contributed by atoms with van der Waals surface area (Å²) in [5.41, 5.74) is 7.34. The van der Waals surface area contributed by atoms with E-state index in [2.05, 4.69) is 5.10 Å². The first kappa shape index (κ1) is 17.8. The molecule has 0 atom stereocenters. The summed E-state index contributed by atoms with van der Waals surface area (Å²) in [6, 6.07) is 11.5. The van der Waals surface area contributed by atoms with Gasteiger partial charge in [-0.05, 0) is 42.8 Å². The summed E-state index contributed by atoms with van der Waals surface area (Å²) in [7, 11) is 0. The van der Waals surface area contributed by atoms with Crippen LogP contribution in [0.4, 0.5) is 19.0 Å². The summed E-state index contributed by atoms with van der Waals surface area (Å²) in [6.45, 7) is 1.84. The average Bonchev–Trinajstić information content (AvgIpc) is 2.90. The highest BCUT2D eigenvalue weighted by Gasteiger charge is 2.30. The van der Waals surface area contributed by atoms with E-state index in [1.807, 2.05) is 13.0 Å². The molecule has 8 heteroatoms. The molecule has 0 unspecified atom stereocenters. The van der Waals surface area contributed by atoms with Crippen molar-refractivity contribution in [1.29, 1.82) is 5.26 Å². The monoisotopic (exact) mass is 376 g/mol. The molecule has 0 fully saturated rings. The van der Waals surface area contributed by atoms with Crippen LogP contribution >= 0.6 is 11.6 Å². The Morgan fingerprint density at radius 2 is 1.81 bits per heavy atom. The Morgan fingerprint density at radius 1 is 1.15 bits per heavy atom. The minimum absolute atomic E-state index is 0.0855. The lowest BCUT2D eigenvalue weighted by molar-refractivity contribution is -0.137. The van der Waals surface area contributed by atoms with E-state index in [1.165, 1.54) is 16.8 Å². The summed E-state index contributed by atoms with van der Waals surface area (Å²) in [5, 5.41) is 14.2. The van der Waals surface area contributed by atoms with Crippen LogP contribution in [0.3, 0.4) is 0 Å². The van der Waals surface area contributed by atoms with E-state index in [-0.39, 0.29) is 17.1 Å². The number of nitrogens with two attached hydrogens (primary N) is 1. The number of hydrogen-bond acceptors (Lipinski definition) is 3. The van der Waals surface area contributed by atoms with Crippen LogP contribution in [0.5, 0.6) is 0 Å². The van der Waals surface area contributed by atoms with Crippen LogP contribution in [0.2, 0.25) is 5.02 Å². The molecule has 0 radical (unpaired) electrons. The van der Waals surface area contributed by atoms with Crippen LogP contribution in [-0.4, -0.2) is 9.78 Å². The Balaban J connectivity index is 2.13. The Bertz CT molecular complexity index is 994. The van der Waals surface area contributed by atoms with E-state index < -0.39 is 11.7 Å². The molecule has 0 aliphatic rings. The van der Waals surface area contributed by atoms with E-state index in [9.17, 15) is 18.4 Å². The van der Waals surface area contributed by atoms with E-state index in [1.54, 1.807) is 18.2 Å². The third-order valence-corrected chi connectivity index (χ3v) is 4.01. The highest BCUT2D eigenvalue weighted by Crippen LogP contribution is 2.33. The molecular formula is C18H12ClF3N4. The number of rotatable bonds is 2. The van der Waals surface area contributed by atoms with Gasteiger partial charge in [0.25, 0.3) is 0 Å². The number of hydrogen-bond donors (Lipinski definition) is 1. The van der Waals surface area contributed by atoms with Gasteiger partial charge in [-0.3, -0.25) is 0 Å². The van der Waals surface area contributed by atoms with Gasteiger partial charge in [-0.15, -0.1) is 0 Å². The number of benzene rings is 2. The minimum Gasteiger partial charge on any atom is -0.382 e. The van der Waals surface area contributed by atoms with E-state index in [0.717, 1.165) is 17.7 Å². The second kappa shape index (κ2) is 6.39. The molecule has 0 saturated carbocycles. The standard InChI is InChI=1S/C18H12ClF3N4/c1-10-6-13(19)8-14(7-10)26-17(24)15(9-23)16(25-26)11-2-4-12(5-3-11)18(20,21)22/h2-8H,24H2,1H3. The van der Waals surface area contributed by atoms with Crippen molar-refractivity contribution >= 4 is 17.4 Å². The van der Waals surface area contributed by atoms with Gasteiger partial charge in [-0.2, -0.15) is 23.5 Å². The fourth-order valence-electron chi connectivity index (χ4n) is 2.60. The van der Waals surface area contributed by atoms with Crippen molar-refractivity contribution in [3.8, 4) is 23.0 Å². The molecule has 26 heavy (non-hydrogen) atoms. The van der Waals surface area contributed by atoms with Crippen molar-refractivity contribution in [2.24, 2.45) is 0 Å². The topological polar surface area (TPSA) is 67.6 Å². The van der Waals surface area contributed by atoms with Crippen LogP contribution in [0.1, 0.15) is 16.7 Å². The maximum absolute atomic E-state index is 12.7. The predicted octanol–water partition coefficient (Wildman–Crippen LogP) is 4.97. The lowest BCUT2D eigenvalue weighted by Crippen LogP contribution is -2.04. The molecule has 3 rings (SSSR count). The molecule has 0 saturated heterocycles. The van der Waals surface area contributed by atoms with Crippen LogP contribution in [-0.2, 0) is 6.18 Å². The summed E-state index contributed by atoms with van der Waals surface area (Å²) in [4.78, 5) is 0. The minimum atomic E-state index is -4.44. The maximum atomic E-state index is 12.7. The number of halogens is 4. The zero-order valence-electron chi connectivity index (χ0n) is 13.5. The first-order valence-electron chi connectivity index (χ1n) is 7.44. The molecule has 4 nitrogen and oxygen atoms in total. The van der Waals surface area contributed by atoms with Gasteiger partial charge < -0.3 is 5.73 Å². The van der Waals surface area contributed by atoms with Crippen molar-refractivity contribution < 1.29 is 13.2 Å². The first-order valence-corrected chi connectivity index (χ1v) is 7.82. The number of nitrogens with zero attached hydrogens (tertiary/aromatic N) is 3. The number of nitriles is 1. The van der Waals surface area contributed by atoms with E-state index in [0.29, 0.717) is 16.3 Å². The summed E-state index contributed by atoms with van der Waals surface area (Å²) in [6.07, 6.45) is -4.44. The molecule has 2 aromatic carbocycles. The highest BCUT2D eigenvalue weighted by atomic mass is 35.5. The van der Waals surface area contributed by atoms with Crippen LogP contribution in [0.15, 0.2) is 42.5 Å². The highest BCUT2D eigenvalue weighted by molar-refractivity contribution is 6.30. The van der Waals surface area contributed by atoms with Crippen LogP contribution < -0.4 is 5.73 Å². The summed E-state index contributed by atoms with van der Waals surface area (Å²) >= 11 is 6.06. The van der Waals surface area contributed by atoms with Crippen LogP contribution in [0.25, 0.3) is 16.9 Å². The Kier molecular flexibility index (Phi) is 4.38. The predicted molar refractivity (Wildman–Crippen MR) is 92.9 cm³/mol. The second-order valence-corrected chi connectivity index (χ2v) is 6.13. The van der Waals surface area contributed by atoms with Gasteiger partial charge in [0.15, 0.2) is 0 Å². The lowest BCUT2D eigenvalue weighted by Gasteiger charge is -2.07. The molecule has 0 aliphatic heterocycles. The zero-order valence-corrected chi connectivity index (χ0v) is 14.2. The summed E-state index contributed by atoms with van der Waals surface area (Å²) in [5.74, 6) is 0.0871. The van der Waals surface area contributed by atoms with E-state index >= 15 is 0 Å². The average molecular weight is 377 g/mol. The molecule has 0 aliphatic carbocycles. The van der Waals surface area contributed by atoms with Crippen molar-refractivity contribution in [2.75, 3.05) is 5.73 Å². The molecule has 3 aromatic rings. The van der Waals surface area contributed by atoms with Crippen molar-refractivity contribution in [3.63, 3.8) is 0 Å². The van der Waals surface area contributed by atoms with Crippen molar-refractivity contribution in [3.05, 3.63) is 64.2 Å². The van der Waals surface area contributed by atoms with Gasteiger partial charge in [-0.1, -0.05) is 23.7 Å². The molecule has 1 heterocycles. The molecule has 0 spiro atoms. The number of aromatic nitrogens is 2. The quantitative estimate of drug-likeness (QED) is 0.686. The molecule has 0 amide bonds. The Hall–Kier alpha value is -2.98. The summed E-state index contributed by atoms with van der Waals surface area (Å²) < 4.78 is 39.5. The van der Waals surface area contributed by atoms with Crippen molar-refractivity contribution in [1.82, 2.24) is 9.78 Å². The largest absolute Gasteiger partial charge is 0.416 e. The lowest BCUT2D eigenvalue weighted by atomic mass is 10.1. The zero-order chi connectivity index (χ0) is 19.1. The fraction of sp³-hybridized carbons (Fsp3) is 0.111. The number of aryl methyl sites for hydroxylation is 1. The van der Waals surface area contributed by atoms with Gasteiger partial charge in [0, 0.05) is 10.6 Å². The van der Waals surface area contributed by atoms with Crippen molar-refractivity contribution in [2.45, 2.75) is 13.1 Å². The molecule has 0 bridgehead atoms. The van der Waals surface area contributed by atoms with Gasteiger partial charge in [-0.25, -0.2) is 4.68 Å². The Labute approximate surface area is 152 Å². The number of alkyl halides is 3. The maximum Gasteiger partial charge on any atom is 0.416 e. The second-order valence-electron chi connectivity index (χ2n) is 5.69.